The van der Waals surface area contributed by atoms with Crippen LogP contribution in [0, 0.1) is 0 Å². The maximum atomic E-state index is 12.5. The van der Waals surface area contributed by atoms with Crippen molar-refractivity contribution in [3.63, 3.8) is 0 Å². The van der Waals surface area contributed by atoms with Crippen molar-refractivity contribution >= 4 is 21.4 Å². The molecule has 3 N–H and O–H groups in total. The van der Waals surface area contributed by atoms with Gasteiger partial charge in [0, 0.05) is 17.7 Å². The van der Waals surface area contributed by atoms with E-state index in [1.807, 2.05) is 0 Å². The molecular weight excluding hydrogens is 372 g/mol. The molecule has 1 heterocycles. The molecule has 0 bridgehead atoms. The van der Waals surface area contributed by atoms with Crippen LogP contribution in [0.25, 0.3) is 22.3 Å². The molecule has 0 radical (unpaired) electrons. The Kier molecular flexibility index (Phi) is 3.89. The summed E-state index contributed by atoms with van der Waals surface area (Å²) in [6, 6.07) is 4.60. The van der Waals surface area contributed by atoms with Gasteiger partial charge in [-0.1, -0.05) is 17.9 Å². The van der Waals surface area contributed by atoms with Gasteiger partial charge in [-0.15, -0.1) is 0 Å². The molecule has 3 rings (SSSR count). The van der Waals surface area contributed by atoms with Gasteiger partial charge in [-0.2, -0.15) is 0 Å². The minimum absolute atomic E-state index is 0.164. The lowest BCUT2D eigenvalue weighted by molar-refractivity contribution is -0.270. The summed E-state index contributed by atoms with van der Waals surface area (Å²) in [4.78, 5) is 12.5. The van der Waals surface area contributed by atoms with Crippen molar-refractivity contribution in [2.45, 2.75) is 0 Å². The van der Waals surface area contributed by atoms with Crippen LogP contribution in [0.5, 0.6) is 28.7 Å². The quantitative estimate of drug-likeness (QED) is 0.427. The Hall–Kier alpha value is -3.44. The molecule has 136 valence electrons. The predicted octanol–water partition coefficient (Wildman–Crippen LogP) is 0.489. The lowest BCUT2D eigenvalue weighted by atomic mass is 10.1. The molecule has 1 aromatic heterocycles. The fourth-order valence-electron chi connectivity index (χ4n) is 2.29. The molecule has 11 heteroatoms. The molecule has 0 amide bonds. The minimum atomic E-state index is -5.40. The molecular formula is C15H8O10S-2. The van der Waals surface area contributed by atoms with Gasteiger partial charge >= 0.3 is 0 Å². The van der Waals surface area contributed by atoms with Crippen LogP contribution in [0.1, 0.15) is 0 Å². The van der Waals surface area contributed by atoms with E-state index < -0.39 is 55.7 Å². The highest BCUT2D eigenvalue weighted by Gasteiger charge is 2.22. The Bertz CT molecular complexity index is 1190. The van der Waals surface area contributed by atoms with E-state index in [0.717, 1.165) is 30.3 Å². The van der Waals surface area contributed by atoms with Crippen LogP contribution >= 0.6 is 0 Å². The van der Waals surface area contributed by atoms with E-state index in [9.17, 15) is 38.2 Å². The Balaban J connectivity index is 2.44. The maximum absolute atomic E-state index is 12.5. The molecule has 0 atom stereocenters. The van der Waals surface area contributed by atoms with Gasteiger partial charge in [0.25, 0.3) is 10.4 Å². The molecule has 0 fully saturated rings. The summed E-state index contributed by atoms with van der Waals surface area (Å²) in [5.74, 6) is -4.39. The number of benzene rings is 2. The number of aromatic hydroxyl groups is 3. The smallest absolute Gasteiger partial charge is 0.262 e. The maximum Gasteiger partial charge on any atom is 0.262 e. The number of hydrogen-bond acceptors (Lipinski definition) is 10. The zero-order chi connectivity index (χ0) is 19.2. The van der Waals surface area contributed by atoms with Gasteiger partial charge in [0.2, 0.25) is 11.2 Å². The van der Waals surface area contributed by atoms with E-state index in [4.69, 9.17) is 4.42 Å². The Morgan fingerprint density at radius 2 is 1.73 bits per heavy atom. The molecule has 0 aliphatic carbocycles. The van der Waals surface area contributed by atoms with Gasteiger partial charge in [-0.3, -0.25) is 4.79 Å². The predicted molar refractivity (Wildman–Crippen MR) is 82.7 cm³/mol. The van der Waals surface area contributed by atoms with Gasteiger partial charge in [0.1, 0.15) is 28.2 Å². The van der Waals surface area contributed by atoms with E-state index >= 15 is 0 Å². The van der Waals surface area contributed by atoms with E-state index in [1.54, 1.807) is 0 Å². The van der Waals surface area contributed by atoms with Crippen LogP contribution < -0.4 is 14.7 Å². The summed E-state index contributed by atoms with van der Waals surface area (Å²) in [6.07, 6.45) is 0. The first-order valence-corrected chi connectivity index (χ1v) is 8.08. The van der Waals surface area contributed by atoms with Crippen molar-refractivity contribution in [2.24, 2.45) is 0 Å². The van der Waals surface area contributed by atoms with Gasteiger partial charge in [0.15, 0.2) is 5.76 Å². The fraction of sp³-hybridized carbons (Fsp3) is 0. The third-order valence-electron chi connectivity index (χ3n) is 3.32. The number of fused-ring (bicyclic) bond motifs is 1. The summed E-state index contributed by atoms with van der Waals surface area (Å²) in [5.41, 5.74) is -1.74. The summed E-state index contributed by atoms with van der Waals surface area (Å²) >= 11 is 0. The molecule has 10 nitrogen and oxygen atoms in total. The Labute approximate surface area is 144 Å². The van der Waals surface area contributed by atoms with Crippen LogP contribution in [0.15, 0.2) is 39.5 Å². The number of hydrogen-bond donors (Lipinski definition) is 3. The highest BCUT2D eigenvalue weighted by molar-refractivity contribution is 7.81. The minimum Gasteiger partial charge on any atom is -0.870 e. The normalized spacial score (nSPS) is 11.6. The van der Waals surface area contributed by atoms with Crippen LogP contribution in [0.3, 0.4) is 0 Å². The molecule has 0 aliphatic heterocycles. The van der Waals surface area contributed by atoms with Crippen LogP contribution in [0.2, 0.25) is 0 Å². The van der Waals surface area contributed by atoms with Crippen molar-refractivity contribution < 1.29 is 42.0 Å². The second-order valence-electron chi connectivity index (χ2n) is 5.10. The SMILES string of the molecule is O=c1c(OS(=O)(=O)[O-])c(-c2ccc([O-])c(O)c2)oc2cc(O)cc(O)c12. The molecule has 3 aromatic rings. The zero-order valence-corrected chi connectivity index (χ0v) is 13.3. The van der Waals surface area contributed by atoms with Crippen molar-refractivity contribution in [3.8, 4) is 40.1 Å². The van der Waals surface area contributed by atoms with E-state index in [1.165, 1.54) is 0 Å². The highest BCUT2D eigenvalue weighted by Crippen LogP contribution is 2.38. The number of rotatable bonds is 3. The highest BCUT2D eigenvalue weighted by atomic mass is 32.3. The Morgan fingerprint density at radius 3 is 2.35 bits per heavy atom. The van der Waals surface area contributed by atoms with Crippen molar-refractivity contribution in [1.29, 1.82) is 0 Å². The summed E-state index contributed by atoms with van der Waals surface area (Å²) in [6.45, 7) is 0. The third-order valence-corrected chi connectivity index (χ3v) is 3.69. The van der Waals surface area contributed by atoms with Gasteiger partial charge in [-0.25, -0.2) is 8.42 Å². The van der Waals surface area contributed by atoms with E-state index in [2.05, 4.69) is 4.18 Å². The molecule has 26 heavy (non-hydrogen) atoms. The van der Waals surface area contributed by atoms with Crippen LogP contribution in [-0.2, 0) is 10.4 Å². The van der Waals surface area contributed by atoms with Crippen molar-refractivity contribution in [1.82, 2.24) is 0 Å². The second kappa shape index (κ2) is 5.82. The number of phenols is 3. The first-order chi connectivity index (χ1) is 12.1. The second-order valence-corrected chi connectivity index (χ2v) is 6.08. The average Bonchev–Trinajstić information content (AvgIpc) is 2.50. The first kappa shape index (κ1) is 17.4. The lowest BCUT2D eigenvalue weighted by Gasteiger charge is -2.15. The number of phenolic OH excluding ortho intramolecular Hbond substituents is 3. The fourth-order valence-corrected chi connectivity index (χ4v) is 2.65. The van der Waals surface area contributed by atoms with Gasteiger partial charge in [-0.05, 0) is 6.07 Å². The molecule has 0 saturated heterocycles. The molecule has 0 saturated carbocycles. The van der Waals surface area contributed by atoms with Crippen molar-refractivity contribution in [2.75, 3.05) is 0 Å². The standard InChI is InChI=1S/C15H10O10S/c16-7-4-10(19)12-11(5-7)24-14(6-1-2-8(17)9(18)3-6)15(13(12)20)25-26(21,22)23/h1-5,16-19H,(H,21,22,23)/p-2. The van der Waals surface area contributed by atoms with Crippen LogP contribution in [-0.4, -0.2) is 28.3 Å². The Morgan fingerprint density at radius 1 is 1.04 bits per heavy atom. The third kappa shape index (κ3) is 3.08. The summed E-state index contributed by atoms with van der Waals surface area (Å²) in [7, 11) is -5.40. The largest absolute Gasteiger partial charge is 0.870 e. The topological polar surface area (TPSA) is 180 Å². The van der Waals surface area contributed by atoms with E-state index in [0.29, 0.717) is 0 Å². The lowest BCUT2D eigenvalue weighted by Crippen LogP contribution is -2.16. The molecule has 2 aromatic carbocycles. The summed E-state index contributed by atoms with van der Waals surface area (Å²) in [5, 5.41) is 39.6. The van der Waals surface area contributed by atoms with Gasteiger partial charge in [0.05, 0.1) is 0 Å². The van der Waals surface area contributed by atoms with Gasteiger partial charge < -0.3 is 33.6 Å². The zero-order valence-electron chi connectivity index (χ0n) is 12.5. The summed E-state index contributed by atoms with van der Waals surface area (Å²) < 4.78 is 42.4. The monoisotopic (exact) mass is 380 g/mol. The first-order valence-electron chi connectivity index (χ1n) is 6.75. The molecule has 0 spiro atoms. The van der Waals surface area contributed by atoms with E-state index in [-0.39, 0.29) is 11.1 Å². The molecule has 0 aliphatic rings. The average molecular weight is 380 g/mol. The van der Waals surface area contributed by atoms with Crippen molar-refractivity contribution in [3.05, 3.63) is 40.6 Å². The van der Waals surface area contributed by atoms with Crippen LogP contribution in [0.4, 0.5) is 0 Å². The molecule has 0 unspecified atom stereocenters.